The molecule has 5 aromatic heterocycles. The number of pyridine rings is 2. The number of benzene rings is 2. The number of hydrogen-bond acceptors (Lipinski definition) is 6. The monoisotopic (exact) mass is 543 g/mol. The van der Waals surface area contributed by atoms with Crippen molar-refractivity contribution in [2.24, 2.45) is 0 Å². The van der Waals surface area contributed by atoms with E-state index in [1.807, 2.05) is 55.5 Å². The van der Waals surface area contributed by atoms with E-state index < -0.39 is 5.82 Å². The van der Waals surface area contributed by atoms with Crippen molar-refractivity contribution in [3.05, 3.63) is 103 Å². The summed E-state index contributed by atoms with van der Waals surface area (Å²) in [5, 5.41) is 10.2. The molecule has 0 fully saturated rings. The van der Waals surface area contributed by atoms with Gasteiger partial charge in [0.1, 0.15) is 11.5 Å². The van der Waals surface area contributed by atoms with Crippen molar-refractivity contribution in [2.75, 3.05) is 5.32 Å². The Morgan fingerprint density at radius 1 is 1.02 bits per heavy atom. The highest BCUT2D eigenvalue weighted by Gasteiger charge is 2.22. The molecular formula is C31H22FN7O2. The van der Waals surface area contributed by atoms with E-state index >= 15 is 4.39 Å². The molecule has 0 saturated heterocycles. The minimum Gasteiger partial charge on any atom is -0.472 e. The molecule has 0 aliphatic rings. The van der Waals surface area contributed by atoms with Gasteiger partial charge in [-0.3, -0.25) is 14.9 Å². The Kier molecular flexibility index (Phi) is 5.85. The minimum absolute atomic E-state index is 0.197. The van der Waals surface area contributed by atoms with Crippen LogP contribution in [0.4, 0.5) is 10.1 Å². The summed E-state index contributed by atoms with van der Waals surface area (Å²) in [6.45, 7) is 1.97. The number of halogens is 1. The maximum absolute atomic E-state index is 16.2. The molecule has 1 amide bonds. The zero-order valence-electron chi connectivity index (χ0n) is 21.8. The zero-order valence-corrected chi connectivity index (χ0v) is 21.8. The van der Waals surface area contributed by atoms with Gasteiger partial charge in [0.05, 0.1) is 47.3 Å². The van der Waals surface area contributed by atoms with Gasteiger partial charge in [-0.05, 0) is 30.2 Å². The number of carbonyl (C=O) groups excluding carboxylic acids is 1. The number of furan rings is 1. The van der Waals surface area contributed by atoms with Crippen molar-refractivity contribution < 1.29 is 13.6 Å². The van der Waals surface area contributed by atoms with Crippen LogP contribution in [-0.2, 0) is 11.2 Å². The summed E-state index contributed by atoms with van der Waals surface area (Å²) in [5.74, 6) is -0.295. The number of aromatic nitrogens is 6. The largest absolute Gasteiger partial charge is 0.472 e. The highest BCUT2D eigenvalue weighted by molar-refractivity contribution is 5.99. The first-order chi connectivity index (χ1) is 20.0. The van der Waals surface area contributed by atoms with Gasteiger partial charge >= 0.3 is 0 Å². The van der Waals surface area contributed by atoms with Crippen LogP contribution in [0, 0.1) is 12.7 Å². The van der Waals surface area contributed by atoms with E-state index in [2.05, 4.69) is 30.5 Å². The molecule has 200 valence electrons. The Balaban J connectivity index is 1.26. The van der Waals surface area contributed by atoms with Crippen LogP contribution in [0.25, 0.3) is 55.8 Å². The molecule has 7 aromatic rings. The van der Waals surface area contributed by atoms with Crippen molar-refractivity contribution in [2.45, 2.75) is 13.3 Å². The van der Waals surface area contributed by atoms with E-state index in [1.165, 1.54) is 18.6 Å². The van der Waals surface area contributed by atoms with E-state index in [4.69, 9.17) is 9.40 Å². The molecule has 0 unspecified atom stereocenters. The number of imidazole rings is 1. The van der Waals surface area contributed by atoms with Crippen LogP contribution >= 0.6 is 0 Å². The molecule has 0 radical (unpaired) electrons. The fraction of sp³-hybridized carbons (Fsp3) is 0.0645. The lowest BCUT2D eigenvalue weighted by molar-refractivity contribution is -0.115. The zero-order chi connectivity index (χ0) is 27.9. The number of rotatable bonds is 6. The summed E-state index contributed by atoms with van der Waals surface area (Å²) in [6.07, 6.45) is 7.95. The standard InChI is InChI=1S/C31H22FN7O2/c1-17-7-8-22(19-9-10-41-16-19)28-27(17)36-31(37-28)29-25-26(32)23(15-34-30(25)39-38-29)20-12-21(14-33-13-20)35-24(40)11-18-5-3-2-4-6-18/h2-10,12-16H,11H2,1H3,(H,35,40)(H,36,37)(H,34,38,39). The van der Waals surface area contributed by atoms with Crippen LogP contribution in [0.15, 0.2) is 90.1 Å². The third kappa shape index (κ3) is 4.41. The minimum atomic E-state index is -0.527. The molecule has 5 heterocycles. The SMILES string of the molecule is Cc1ccc(-c2ccoc2)c2[nH]c(-c3[nH]nc4ncc(-c5cncc(NC(=O)Cc6ccccc6)c5)c(F)c34)nc12. The van der Waals surface area contributed by atoms with Gasteiger partial charge in [-0.15, -0.1) is 0 Å². The molecule has 0 aliphatic carbocycles. The summed E-state index contributed by atoms with van der Waals surface area (Å²) < 4.78 is 21.5. The molecule has 2 aromatic carbocycles. The Bertz CT molecular complexity index is 2050. The number of hydrogen-bond donors (Lipinski definition) is 3. The van der Waals surface area contributed by atoms with Gasteiger partial charge in [-0.25, -0.2) is 14.4 Å². The van der Waals surface area contributed by atoms with Crippen LogP contribution in [0.1, 0.15) is 11.1 Å². The van der Waals surface area contributed by atoms with E-state index in [9.17, 15) is 4.79 Å². The summed E-state index contributed by atoms with van der Waals surface area (Å²) in [6, 6.07) is 16.9. The van der Waals surface area contributed by atoms with Gasteiger partial charge in [0.25, 0.3) is 0 Å². The first kappa shape index (κ1) is 24.4. The predicted octanol–water partition coefficient (Wildman–Crippen LogP) is 6.45. The van der Waals surface area contributed by atoms with Crippen LogP contribution in [0.5, 0.6) is 0 Å². The maximum Gasteiger partial charge on any atom is 0.228 e. The first-order valence-corrected chi connectivity index (χ1v) is 12.9. The molecule has 0 aliphatic heterocycles. The molecule has 0 spiro atoms. The van der Waals surface area contributed by atoms with Crippen molar-refractivity contribution >= 4 is 33.7 Å². The average molecular weight is 544 g/mol. The molecule has 0 atom stereocenters. The summed E-state index contributed by atoms with van der Waals surface area (Å²) in [5.41, 5.74) is 6.96. The van der Waals surface area contributed by atoms with Gasteiger partial charge in [0.15, 0.2) is 11.5 Å². The molecule has 7 rings (SSSR count). The Labute approximate surface area is 232 Å². The van der Waals surface area contributed by atoms with Crippen molar-refractivity contribution in [3.63, 3.8) is 0 Å². The normalized spacial score (nSPS) is 11.4. The highest BCUT2D eigenvalue weighted by Crippen LogP contribution is 2.35. The lowest BCUT2D eigenvalue weighted by Crippen LogP contribution is -2.14. The van der Waals surface area contributed by atoms with Crippen LogP contribution < -0.4 is 5.32 Å². The average Bonchev–Trinajstić information content (AvgIpc) is 3.74. The molecule has 0 saturated carbocycles. The van der Waals surface area contributed by atoms with E-state index in [1.54, 1.807) is 18.6 Å². The fourth-order valence-electron chi connectivity index (χ4n) is 4.97. The number of amides is 1. The number of nitrogens with zero attached hydrogens (tertiary/aromatic N) is 4. The molecule has 9 nitrogen and oxygen atoms in total. The number of fused-ring (bicyclic) bond motifs is 2. The Hall–Kier alpha value is -5.64. The van der Waals surface area contributed by atoms with Crippen molar-refractivity contribution in [1.82, 2.24) is 30.1 Å². The second-order valence-corrected chi connectivity index (χ2v) is 9.71. The van der Waals surface area contributed by atoms with Crippen LogP contribution in [-0.4, -0.2) is 36.0 Å². The van der Waals surface area contributed by atoms with Gasteiger partial charge in [0.2, 0.25) is 5.91 Å². The number of anilines is 1. The number of aryl methyl sites for hydroxylation is 1. The van der Waals surface area contributed by atoms with E-state index in [0.29, 0.717) is 22.8 Å². The van der Waals surface area contributed by atoms with Crippen molar-refractivity contribution in [1.29, 1.82) is 0 Å². The van der Waals surface area contributed by atoms with Gasteiger partial charge in [0, 0.05) is 34.6 Å². The van der Waals surface area contributed by atoms with Gasteiger partial charge < -0.3 is 14.7 Å². The van der Waals surface area contributed by atoms with E-state index in [0.717, 1.165) is 33.3 Å². The second kappa shape index (κ2) is 9.83. The maximum atomic E-state index is 16.2. The van der Waals surface area contributed by atoms with Gasteiger partial charge in [-0.1, -0.05) is 42.5 Å². The summed E-state index contributed by atoms with van der Waals surface area (Å²) >= 11 is 0. The van der Waals surface area contributed by atoms with Crippen molar-refractivity contribution in [3.8, 4) is 33.8 Å². The first-order valence-electron chi connectivity index (χ1n) is 12.9. The highest BCUT2D eigenvalue weighted by atomic mass is 19.1. The Morgan fingerprint density at radius 3 is 2.73 bits per heavy atom. The number of carbonyl (C=O) groups is 1. The quantitative estimate of drug-likeness (QED) is 0.221. The molecule has 0 bridgehead atoms. The summed E-state index contributed by atoms with van der Waals surface area (Å²) in [7, 11) is 0. The summed E-state index contributed by atoms with van der Waals surface area (Å²) in [4.78, 5) is 29.3. The topological polar surface area (TPSA) is 125 Å². The van der Waals surface area contributed by atoms with Crippen LogP contribution in [0.3, 0.4) is 0 Å². The van der Waals surface area contributed by atoms with E-state index in [-0.39, 0.29) is 28.9 Å². The van der Waals surface area contributed by atoms with Gasteiger partial charge in [-0.2, -0.15) is 5.10 Å². The third-order valence-electron chi connectivity index (χ3n) is 6.98. The molecular weight excluding hydrogens is 521 g/mol. The number of nitrogens with one attached hydrogen (secondary N) is 3. The predicted molar refractivity (Wildman–Crippen MR) is 153 cm³/mol. The number of aromatic amines is 2. The Morgan fingerprint density at radius 2 is 1.90 bits per heavy atom. The third-order valence-corrected chi connectivity index (χ3v) is 6.98. The fourth-order valence-corrected chi connectivity index (χ4v) is 4.97. The smallest absolute Gasteiger partial charge is 0.228 e. The second-order valence-electron chi connectivity index (χ2n) is 9.71. The number of H-pyrrole nitrogens is 2. The lowest BCUT2D eigenvalue weighted by Gasteiger charge is -2.08. The lowest BCUT2D eigenvalue weighted by atomic mass is 10.0. The molecule has 3 N–H and O–H groups in total. The molecule has 41 heavy (non-hydrogen) atoms. The van der Waals surface area contributed by atoms with Crippen LogP contribution in [0.2, 0.25) is 0 Å². The molecule has 10 heteroatoms.